The molecule has 0 atom stereocenters. The van der Waals surface area contributed by atoms with Gasteiger partial charge in [0, 0.05) is 5.92 Å². The maximum Gasteiger partial charge on any atom is 0.227 e. The van der Waals surface area contributed by atoms with E-state index in [2.05, 4.69) is 12.2 Å². The Kier molecular flexibility index (Phi) is 6.10. The summed E-state index contributed by atoms with van der Waals surface area (Å²) in [6, 6.07) is 3.29. The van der Waals surface area contributed by atoms with Crippen molar-refractivity contribution in [3.05, 3.63) is 17.7 Å². The van der Waals surface area contributed by atoms with E-state index in [1.165, 1.54) is 6.42 Å². The fourth-order valence-electron chi connectivity index (χ4n) is 3.11. The summed E-state index contributed by atoms with van der Waals surface area (Å²) in [6.07, 6.45) is 9.24. The molecule has 0 aromatic heterocycles. The molecule has 0 radical (unpaired) electrons. The molecular formula is C18H27NO3. The molecule has 1 saturated carbocycles. The zero-order valence-corrected chi connectivity index (χ0v) is 13.4. The monoisotopic (exact) mass is 305 g/mol. The van der Waals surface area contributed by atoms with Crippen LogP contribution >= 0.6 is 0 Å². The first kappa shape index (κ1) is 16.7. The molecule has 1 amide bonds. The van der Waals surface area contributed by atoms with Crippen LogP contribution in [-0.4, -0.2) is 16.1 Å². The van der Waals surface area contributed by atoms with E-state index in [-0.39, 0.29) is 29.0 Å². The first-order chi connectivity index (χ1) is 10.6. The van der Waals surface area contributed by atoms with Gasteiger partial charge in [-0.1, -0.05) is 39.0 Å². The number of amides is 1. The standard InChI is InChI=1S/C18H27NO3/c1-2-3-5-8-13-11-15(20)17(16(21)12-13)19-18(22)14-9-6-4-7-10-14/h11-12,14,20-21H,2-10H2,1H3,(H,19,22). The maximum absolute atomic E-state index is 12.2. The molecule has 0 aliphatic heterocycles. The smallest absolute Gasteiger partial charge is 0.227 e. The minimum absolute atomic E-state index is 0.00298. The normalized spacial score (nSPS) is 15.7. The van der Waals surface area contributed by atoms with Crippen molar-refractivity contribution in [2.24, 2.45) is 5.92 Å². The molecule has 3 N–H and O–H groups in total. The van der Waals surface area contributed by atoms with Crippen LogP contribution in [0, 0.1) is 5.92 Å². The number of phenols is 2. The third-order valence-corrected chi connectivity index (χ3v) is 4.45. The van der Waals surface area contributed by atoms with Gasteiger partial charge in [0.15, 0.2) is 0 Å². The van der Waals surface area contributed by atoms with E-state index in [0.717, 1.165) is 56.9 Å². The predicted octanol–water partition coefficient (Wildman–Crippen LogP) is 4.35. The lowest BCUT2D eigenvalue weighted by molar-refractivity contribution is -0.120. The number of carbonyl (C=O) groups is 1. The summed E-state index contributed by atoms with van der Waals surface area (Å²) in [6.45, 7) is 2.14. The summed E-state index contributed by atoms with van der Waals surface area (Å²) in [7, 11) is 0. The number of unbranched alkanes of at least 4 members (excludes halogenated alkanes) is 2. The van der Waals surface area contributed by atoms with E-state index in [4.69, 9.17) is 0 Å². The Morgan fingerprint density at radius 1 is 1.14 bits per heavy atom. The second-order valence-electron chi connectivity index (χ2n) is 6.29. The van der Waals surface area contributed by atoms with Crippen molar-refractivity contribution >= 4 is 11.6 Å². The Labute approximate surface area is 132 Å². The Morgan fingerprint density at radius 2 is 1.77 bits per heavy atom. The zero-order valence-electron chi connectivity index (χ0n) is 13.4. The van der Waals surface area contributed by atoms with Crippen LogP contribution in [0.25, 0.3) is 0 Å². The number of anilines is 1. The molecule has 1 aromatic rings. The first-order valence-electron chi connectivity index (χ1n) is 8.47. The summed E-state index contributed by atoms with van der Waals surface area (Å²) in [5, 5.41) is 22.9. The topological polar surface area (TPSA) is 69.6 Å². The molecule has 0 saturated heterocycles. The highest BCUT2D eigenvalue weighted by Crippen LogP contribution is 2.36. The van der Waals surface area contributed by atoms with Gasteiger partial charge in [-0.25, -0.2) is 0 Å². The van der Waals surface area contributed by atoms with Crippen LogP contribution < -0.4 is 5.32 Å². The molecule has 0 unspecified atom stereocenters. The van der Waals surface area contributed by atoms with Gasteiger partial charge in [-0.05, 0) is 43.4 Å². The average molecular weight is 305 g/mol. The number of aromatic hydroxyl groups is 2. The van der Waals surface area contributed by atoms with Crippen molar-refractivity contribution in [2.45, 2.75) is 64.7 Å². The van der Waals surface area contributed by atoms with Crippen LogP contribution in [0.2, 0.25) is 0 Å². The van der Waals surface area contributed by atoms with E-state index in [0.29, 0.717) is 0 Å². The zero-order chi connectivity index (χ0) is 15.9. The average Bonchev–Trinajstić information content (AvgIpc) is 2.52. The number of hydrogen-bond acceptors (Lipinski definition) is 3. The van der Waals surface area contributed by atoms with E-state index >= 15 is 0 Å². The number of hydrogen-bond donors (Lipinski definition) is 3. The highest BCUT2D eigenvalue weighted by Gasteiger charge is 2.23. The van der Waals surface area contributed by atoms with Crippen LogP contribution in [0.4, 0.5) is 5.69 Å². The van der Waals surface area contributed by atoms with E-state index in [9.17, 15) is 15.0 Å². The molecular weight excluding hydrogens is 278 g/mol. The predicted molar refractivity (Wildman–Crippen MR) is 88.2 cm³/mol. The fourth-order valence-corrected chi connectivity index (χ4v) is 3.11. The van der Waals surface area contributed by atoms with Crippen molar-refractivity contribution in [3.8, 4) is 11.5 Å². The van der Waals surface area contributed by atoms with Gasteiger partial charge in [-0.2, -0.15) is 0 Å². The molecule has 0 bridgehead atoms. The van der Waals surface area contributed by atoms with Gasteiger partial charge >= 0.3 is 0 Å². The quantitative estimate of drug-likeness (QED) is 0.540. The second-order valence-corrected chi connectivity index (χ2v) is 6.29. The molecule has 22 heavy (non-hydrogen) atoms. The van der Waals surface area contributed by atoms with Gasteiger partial charge in [-0.3, -0.25) is 4.79 Å². The Morgan fingerprint density at radius 3 is 2.36 bits per heavy atom. The number of phenolic OH excluding ortho intramolecular Hbond substituents is 2. The largest absolute Gasteiger partial charge is 0.506 e. The molecule has 1 aliphatic carbocycles. The number of benzene rings is 1. The third-order valence-electron chi connectivity index (χ3n) is 4.45. The number of nitrogens with one attached hydrogen (secondary N) is 1. The van der Waals surface area contributed by atoms with Crippen molar-refractivity contribution < 1.29 is 15.0 Å². The van der Waals surface area contributed by atoms with Gasteiger partial charge in [-0.15, -0.1) is 0 Å². The van der Waals surface area contributed by atoms with Crippen molar-refractivity contribution in [2.75, 3.05) is 5.32 Å². The molecule has 1 fully saturated rings. The van der Waals surface area contributed by atoms with Crippen LogP contribution in [0.15, 0.2) is 12.1 Å². The molecule has 1 aliphatic rings. The Hall–Kier alpha value is -1.71. The van der Waals surface area contributed by atoms with Gasteiger partial charge < -0.3 is 15.5 Å². The molecule has 4 nitrogen and oxygen atoms in total. The summed E-state index contributed by atoms with van der Waals surface area (Å²) in [5.74, 6) is -0.188. The third kappa shape index (κ3) is 4.39. The van der Waals surface area contributed by atoms with Gasteiger partial charge in [0.1, 0.15) is 17.2 Å². The van der Waals surface area contributed by atoms with E-state index in [1.807, 2.05) is 0 Å². The maximum atomic E-state index is 12.2. The lowest BCUT2D eigenvalue weighted by atomic mass is 9.88. The Bertz CT molecular complexity index is 484. The fraction of sp³-hybridized carbons (Fsp3) is 0.611. The van der Waals surface area contributed by atoms with Gasteiger partial charge in [0.25, 0.3) is 0 Å². The molecule has 1 aromatic carbocycles. The van der Waals surface area contributed by atoms with Crippen LogP contribution in [0.3, 0.4) is 0 Å². The second kappa shape index (κ2) is 8.06. The number of rotatable bonds is 6. The minimum Gasteiger partial charge on any atom is -0.506 e. The molecule has 2 rings (SSSR count). The Balaban J connectivity index is 2.02. The molecule has 4 heteroatoms. The highest BCUT2D eigenvalue weighted by molar-refractivity contribution is 5.95. The summed E-state index contributed by atoms with van der Waals surface area (Å²) in [5.41, 5.74) is 1.05. The van der Waals surface area contributed by atoms with Gasteiger partial charge in [0.05, 0.1) is 0 Å². The van der Waals surface area contributed by atoms with Gasteiger partial charge in [0.2, 0.25) is 5.91 Å². The minimum atomic E-state index is -0.0935. The van der Waals surface area contributed by atoms with E-state index < -0.39 is 0 Å². The molecule has 0 spiro atoms. The summed E-state index contributed by atoms with van der Waals surface area (Å²) in [4.78, 5) is 12.2. The van der Waals surface area contributed by atoms with Crippen molar-refractivity contribution in [1.82, 2.24) is 0 Å². The number of carbonyl (C=O) groups excluding carboxylic acids is 1. The van der Waals surface area contributed by atoms with E-state index in [1.54, 1.807) is 12.1 Å². The van der Waals surface area contributed by atoms with Crippen molar-refractivity contribution in [1.29, 1.82) is 0 Å². The lowest BCUT2D eigenvalue weighted by Crippen LogP contribution is -2.24. The van der Waals surface area contributed by atoms with Crippen LogP contribution in [0.1, 0.15) is 63.9 Å². The SMILES string of the molecule is CCCCCc1cc(O)c(NC(=O)C2CCCCC2)c(O)c1. The first-order valence-corrected chi connectivity index (χ1v) is 8.47. The number of aryl methyl sites for hydroxylation is 1. The van der Waals surface area contributed by atoms with Crippen LogP contribution in [-0.2, 0) is 11.2 Å². The summed E-state index contributed by atoms with van der Waals surface area (Å²) >= 11 is 0. The lowest BCUT2D eigenvalue weighted by Gasteiger charge is -2.21. The van der Waals surface area contributed by atoms with Crippen molar-refractivity contribution in [3.63, 3.8) is 0 Å². The highest BCUT2D eigenvalue weighted by atomic mass is 16.3. The summed E-state index contributed by atoms with van der Waals surface area (Å²) < 4.78 is 0. The molecule has 122 valence electrons. The molecule has 0 heterocycles. The van der Waals surface area contributed by atoms with Crippen LogP contribution in [0.5, 0.6) is 11.5 Å².